The zero-order valence-corrected chi connectivity index (χ0v) is 11.0. The molecular formula is C10H9ClFN3O3S. The van der Waals surface area contributed by atoms with Crippen molar-refractivity contribution >= 4 is 27.3 Å². The van der Waals surface area contributed by atoms with Crippen LogP contribution in [0.2, 0.25) is 5.02 Å². The molecule has 2 aromatic rings. The number of rotatable bonds is 4. The molecule has 0 aliphatic carbocycles. The van der Waals surface area contributed by atoms with Crippen LogP contribution in [0.4, 0.5) is 10.1 Å². The van der Waals surface area contributed by atoms with Crippen molar-refractivity contribution in [2.75, 3.05) is 4.72 Å². The number of halogens is 2. The van der Waals surface area contributed by atoms with Gasteiger partial charge in [-0.05, 0) is 12.1 Å². The highest BCUT2D eigenvalue weighted by Gasteiger charge is 2.23. The molecular weight excluding hydrogens is 297 g/mol. The molecule has 9 heteroatoms. The van der Waals surface area contributed by atoms with E-state index in [1.54, 1.807) is 0 Å². The number of sulfonamides is 1. The maximum atomic E-state index is 13.5. The third kappa shape index (κ3) is 2.70. The summed E-state index contributed by atoms with van der Waals surface area (Å²) in [6.07, 6.45) is 1.16. The van der Waals surface area contributed by atoms with Crippen LogP contribution in [-0.4, -0.2) is 23.7 Å². The maximum Gasteiger partial charge on any atom is 0.279 e. The van der Waals surface area contributed by atoms with E-state index < -0.39 is 22.4 Å². The van der Waals surface area contributed by atoms with Crippen LogP contribution in [0.3, 0.4) is 0 Å². The smallest absolute Gasteiger partial charge is 0.279 e. The molecule has 19 heavy (non-hydrogen) atoms. The molecule has 0 unspecified atom stereocenters. The Kier molecular flexibility index (Phi) is 3.74. The Morgan fingerprint density at radius 3 is 2.84 bits per heavy atom. The van der Waals surface area contributed by atoms with E-state index in [1.165, 1.54) is 12.1 Å². The van der Waals surface area contributed by atoms with Gasteiger partial charge in [-0.2, -0.15) is 13.5 Å². The molecule has 0 spiro atoms. The number of aliphatic hydroxyl groups excluding tert-OH is 1. The summed E-state index contributed by atoms with van der Waals surface area (Å²) in [7, 11) is -4.11. The lowest BCUT2D eigenvalue weighted by atomic mass is 10.3. The van der Waals surface area contributed by atoms with E-state index in [-0.39, 0.29) is 21.3 Å². The Hall–Kier alpha value is -1.64. The number of nitrogens with zero attached hydrogens (tertiary/aromatic N) is 1. The van der Waals surface area contributed by atoms with Gasteiger partial charge in [-0.15, -0.1) is 0 Å². The Balaban J connectivity index is 2.43. The SMILES string of the molecule is O=S(=O)(Nc1c(F)cccc1Cl)c1[nH]ncc1CO. The van der Waals surface area contributed by atoms with Crippen molar-refractivity contribution in [2.45, 2.75) is 11.6 Å². The highest BCUT2D eigenvalue weighted by molar-refractivity contribution is 7.92. The number of hydrogen-bond donors (Lipinski definition) is 3. The van der Waals surface area contributed by atoms with Gasteiger partial charge in [0.1, 0.15) is 11.5 Å². The van der Waals surface area contributed by atoms with Gasteiger partial charge in [0.15, 0.2) is 5.03 Å². The zero-order valence-electron chi connectivity index (χ0n) is 9.39. The molecule has 2 rings (SSSR count). The molecule has 102 valence electrons. The van der Waals surface area contributed by atoms with Crippen LogP contribution in [0, 0.1) is 5.82 Å². The summed E-state index contributed by atoms with van der Waals surface area (Å²) in [6, 6.07) is 3.77. The summed E-state index contributed by atoms with van der Waals surface area (Å²) in [5, 5.41) is 14.3. The first-order valence-electron chi connectivity index (χ1n) is 5.05. The number of nitrogens with one attached hydrogen (secondary N) is 2. The second-order valence-electron chi connectivity index (χ2n) is 3.58. The van der Waals surface area contributed by atoms with Gasteiger partial charge in [-0.25, -0.2) is 4.39 Å². The minimum atomic E-state index is -4.11. The predicted octanol–water partition coefficient (Wildman–Crippen LogP) is 1.50. The Morgan fingerprint density at radius 2 is 2.21 bits per heavy atom. The van der Waals surface area contributed by atoms with Gasteiger partial charge in [-0.1, -0.05) is 17.7 Å². The van der Waals surface area contributed by atoms with Gasteiger partial charge in [-0.3, -0.25) is 9.82 Å². The summed E-state index contributed by atoms with van der Waals surface area (Å²) in [5.74, 6) is -0.805. The largest absolute Gasteiger partial charge is 0.392 e. The molecule has 0 bridgehead atoms. The fourth-order valence-corrected chi connectivity index (χ4v) is 2.91. The maximum absolute atomic E-state index is 13.5. The van der Waals surface area contributed by atoms with Crippen LogP contribution in [0.1, 0.15) is 5.56 Å². The minimum absolute atomic E-state index is 0.0694. The van der Waals surface area contributed by atoms with E-state index in [0.29, 0.717) is 0 Å². The van der Waals surface area contributed by atoms with Gasteiger partial charge >= 0.3 is 0 Å². The number of benzene rings is 1. The first kappa shape index (κ1) is 13.8. The molecule has 3 N–H and O–H groups in total. The topological polar surface area (TPSA) is 95.1 Å². The second-order valence-corrected chi connectivity index (χ2v) is 5.61. The van der Waals surface area contributed by atoms with Gasteiger partial charge in [0, 0.05) is 5.56 Å². The molecule has 0 saturated heterocycles. The molecule has 6 nitrogen and oxygen atoms in total. The fourth-order valence-electron chi connectivity index (χ4n) is 1.43. The van der Waals surface area contributed by atoms with Gasteiger partial charge in [0.2, 0.25) is 0 Å². The lowest BCUT2D eigenvalue weighted by molar-refractivity contribution is 0.278. The molecule has 1 heterocycles. The molecule has 1 aromatic heterocycles. The molecule has 0 atom stereocenters. The third-order valence-electron chi connectivity index (χ3n) is 2.32. The number of aromatic nitrogens is 2. The quantitative estimate of drug-likeness (QED) is 0.797. The van der Waals surface area contributed by atoms with Crippen LogP contribution < -0.4 is 4.72 Å². The number of anilines is 1. The van der Waals surface area contributed by atoms with Crippen molar-refractivity contribution in [2.24, 2.45) is 0 Å². The number of para-hydroxylation sites is 1. The van der Waals surface area contributed by atoms with E-state index in [1.807, 2.05) is 4.72 Å². The van der Waals surface area contributed by atoms with Crippen molar-refractivity contribution in [1.29, 1.82) is 0 Å². The molecule has 0 aliphatic rings. The van der Waals surface area contributed by atoms with Crippen LogP contribution in [-0.2, 0) is 16.6 Å². The molecule has 0 amide bonds. The highest BCUT2D eigenvalue weighted by Crippen LogP contribution is 2.27. The summed E-state index contributed by atoms with van der Waals surface area (Å²) in [6.45, 7) is -0.516. The number of H-pyrrole nitrogens is 1. The van der Waals surface area contributed by atoms with E-state index in [4.69, 9.17) is 16.7 Å². The highest BCUT2D eigenvalue weighted by atomic mass is 35.5. The van der Waals surface area contributed by atoms with Crippen LogP contribution >= 0.6 is 11.6 Å². The van der Waals surface area contributed by atoms with Crippen molar-refractivity contribution in [3.63, 3.8) is 0 Å². The summed E-state index contributed by atoms with van der Waals surface area (Å²) >= 11 is 5.73. The van der Waals surface area contributed by atoms with E-state index >= 15 is 0 Å². The monoisotopic (exact) mass is 305 g/mol. The molecule has 0 aliphatic heterocycles. The third-order valence-corrected chi connectivity index (χ3v) is 4.00. The van der Waals surface area contributed by atoms with Crippen LogP contribution in [0.15, 0.2) is 29.4 Å². The van der Waals surface area contributed by atoms with Crippen molar-refractivity contribution in [3.8, 4) is 0 Å². The molecule has 0 saturated carbocycles. The average molecular weight is 306 g/mol. The summed E-state index contributed by atoms with van der Waals surface area (Å²) in [4.78, 5) is 0. The van der Waals surface area contributed by atoms with Crippen molar-refractivity contribution in [3.05, 3.63) is 40.8 Å². The predicted molar refractivity (Wildman–Crippen MR) is 66.7 cm³/mol. The first-order valence-corrected chi connectivity index (χ1v) is 6.91. The molecule has 1 aromatic carbocycles. The normalized spacial score (nSPS) is 11.5. The Morgan fingerprint density at radius 1 is 1.47 bits per heavy atom. The van der Waals surface area contributed by atoms with E-state index in [9.17, 15) is 12.8 Å². The van der Waals surface area contributed by atoms with Crippen LogP contribution in [0.5, 0.6) is 0 Å². The standard InChI is InChI=1S/C10H9ClFN3O3S/c11-7-2-1-3-8(12)9(7)15-19(17,18)10-6(5-16)4-13-14-10/h1-4,15-16H,5H2,(H,13,14). The van der Waals surface area contributed by atoms with Crippen molar-refractivity contribution < 1.29 is 17.9 Å². The van der Waals surface area contributed by atoms with Crippen molar-refractivity contribution in [1.82, 2.24) is 10.2 Å². The average Bonchev–Trinajstić information content (AvgIpc) is 2.83. The first-order chi connectivity index (χ1) is 8.95. The number of aliphatic hydroxyl groups is 1. The molecule has 0 radical (unpaired) electrons. The van der Waals surface area contributed by atoms with Gasteiger partial charge in [0.05, 0.1) is 17.8 Å². The Bertz CT molecular complexity index is 682. The van der Waals surface area contributed by atoms with Crippen LogP contribution in [0.25, 0.3) is 0 Å². The number of aromatic amines is 1. The van der Waals surface area contributed by atoms with E-state index in [2.05, 4.69) is 10.2 Å². The lowest BCUT2D eigenvalue weighted by Gasteiger charge is -2.09. The summed E-state index contributed by atoms with van der Waals surface area (Å²) < 4.78 is 39.6. The fraction of sp³-hybridized carbons (Fsp3) is 0.100. The Labute approximate surface area is 113 Å². The number of hydrogen-bond acceptors (Lipinski definition) is 4. The zero-order chi connectivity index (χ0) is 14.0. The van der Waals surface area contributed by atoms with Gasteiger partial charge in [0.25, 0.3) is 10.0 Å². The second kappa shape index (κ2) is 5.16. The van der Waals surface area contributed by atoms with Gasteiger partial charge < -0.3 is 5.11 Å². The summed E-state index contributed by atoms with van der Waals surface area (Å²) in [5.41, 5.74) is -0.289. The molecule has 0 fully saturated rings. The minimum Gasteiger partial charge on any atom is -0.392 e. The lowest BCUT2D eigenvalue weighted by Crippen LogP contribution is -2.16. The van der Waals surface area contributed by atoms with E-state index in [0.717, 1.165) is 12.3 Å².